The van der Waals surface area contributed by atoms with Crippen molar-refractivity contribution in [2.75, 3.05) is 0 Å². The summed E-state index contributed by atoms with van der Waals surface area (Å²) in [5, 5.41) is 5.36. The summed E-state index contributed by atoms with van der Waals surface area (Å²) in [5.41, 5.74) is 0. The number of benzene rings is 3. The molecule has 0 bridgehead atoms. The zero-order valence-corrected chi connectivity index (χ0v) is 14.5. The normalized spacial score (nSPS) is 11.4. The molecule has 0 atom stereocenters. The van der Waals surface area contributed by atoms with Crippen LogP contribution in [0, 0.1) is 3.57 Å². The van der Waals surface area contributed by atoms with E-state index in [2.05, 4.69) is 22.6 Å². The van der Waals surface area contributed by atoms with Crippen molar-refractivity contribution in [1.29, 1.82) is 0 Å². The first-order valence-electron chi connectivity index (χ1n) is 5.35. The largest absolute Gasteiger partial charge is 0.0820 e. The van der Waals surface area contributed by atoms with Crippen molar-refractivity contribution in [3.63, 3.8) is 0 Å². The van der Waals surface area contributed by atoms with Gasteiger partial charge in [0, 0.05) is 14.3 Å². The average Bonchev–Trinajstić information content (AvgIpc) is 2.43. The van der Waals surface area contributed by atoms with Gasteiger partial charge < -0.3 is 0 Å². The lowest BCUT2D eigenvalue weighted by atomic mass is 10.0. The molecule has 0 heterocycles. The molecule has 0 radical (unpaired) electrons. The van der Waals surface area contributed by atoms with Gasteiger partial charge >= 0.3 is 0 Å². The molecule has 3 aromatic carbocycles. The smallest absolute Gasteiger partial charge is 0.0800 e. The molecule has 3 rings (SSSR count). The first-order valence-corrected chi connectivity index (χ1v) is 7.94. The highest BCUT2D eigenvalue weighted by atomic mass is 127. The summed E-state index contributed by atoms with van der Waals surface area (Å²) in [6.07, 6.45) is 0. The van der Waals surface area contributed by atoms with E-state index in [9.17, 15) is 0 Å². The van der Waals surface area contributed by atoms with E-state index in [1.807, 2.05) is 30.3 Å². The number of hydrogen-bond acceptors (Lipinski definition) is 0. The zero-order chi connectivity index (χ0) is 13.7. The average molecular weight is 442 g/mol. The van der Waals surface area contributed by atoms with Crippen LogP contribution in [0.3, 0.4) is 0 Å². The van der Waals surface area contributed by atoms with Gasteiger partial charge in [-0.2, -0.15) is 0 Å². The second-order valence-electron chi connectivity index (χ2n) is 4.09. The van der Waals surface area contributed by atoms with E-state index in [1.54, 1.807) is 0 Å². The molecule has 0 aromatic heterocycles. The summed E-state index contributed by atoms with van der Waals surface area (Å²) in [6, 6.07) is 10.0. The maximum atomic E-state index is 6.33. The van der Waals surface area contributed by atoms with E-state index in [4.69, 9.17) is 46.4 Å². The molecule has 0 saturated carbocycles. The van der Waals surface area contributed by atoms with Crippen LogP contribution in [0.2, 0.25) is 20.1 Å². The summed E-state index contributed by atoms with van der Waals surface area (Å²) >= 11 is 27.1. The fourth-order valence-corrected chi connectivity index (χ4v) is 4.34. The van der Waals surface area contributed by atoms with Gasteiger partial charge in [-0.15, -0.1) is 0 Å². The van der Waals surface area contributed by atoms with Gasteiger partial charge in [-0.25, -0.2) is 0 Å². The van der Waals surface area contributed by atoms with Crippen LogP contribution in [-0.4, -0.2) is 0 Å². The highest BCUT2D eigenvalue weighted by molar-refractivity contribution is 14.1. The molecule has 0 aliphatic heterocycles. The standard InChI is InChI=1S/C14H5Cl4I/c15-10-8-5-6-3-1-2-4-7(6)14(19)9(8)11(16)13(18)12(10)17/h1-5H. The zero-order valence-electron chi connectivity index (χ0n) is 9.28. The third-order valence-electron chi connectivity index (χ3n) is 3.02. The van der Waals surface area contributed by atoms with Crippen LogP contribution >= 0.6 is 69.0 Å². The van der Waals surface area contributed by atoms with E-state index in [1.165, 1.54) is 0 Å². The van der Waals surface area contributed by atoms with Gasteiger partial charge in [0.2, 0.25) is 0 Å². The molecule has 0 aliphatic rings. The van der Waals surface area contributed by atoms with E-state index >= 15 is 0 Å². The Morgan fingerprint density at radius 3 is 2.11 bits per heavy atom. The number of halogens is 5. The number of hydrogen-bond donors (Lipinski definition) is 0. The maximum absolute atomic E-state index is 6.33. The minimum atomic E-state index is 0.298. The van der Waals surface area contributed by atoms with Gasteiger partial charge in [0.05, 0.1) is 20.1 Å². The Hall–Kier alpha value is 0.0700. The highest BCUT2D eigenvalue weighted by Crippen LogP contribution is 2.46. The van der Waals surface area contributed by atoms with Crippen LogP contribution in [-0.2, 0) is 0 Å². The SMILES string of the molecule is Clc1c(Cl)c(Cl)c2c(I)c3ccccc3cc2c1Cl. The summed E-state index contributed by atoms with van der Waals surface area (Å²) < 4.78 is 1.02. The summed E-state index contributed by atoms with van der Waals surface area (Å²) in [4.78, 5) is 0. The molecule has 96 valence electrons. The Bertz CT molecular complexity index is 827. The molecule has 0 fully saturated rings. The number of fused-ring (bicyclic) bond motifs is 2. The van der Waals surface area contributed by atoms with Crippen LogP contribution in [0.1, 0.15) is 0 Å². The minimum absolute atomic E-state index is 0.298. The monoisotopic (exact) mass is 440 g/mol. The molecule has 0 nitrogen and oxygen atoms in total. The highest BCUT2D eigenvalue weighted by Gasteiger charge is 2.18. The third kappa shape index (κ3) is 2.11. The summed E-state index contributed by atoms with van der Waals surface area (Å²) in [6.45, 7) is 0. The fourth-order valence-electron chi connectivity index (χ4n) is 2.11. The second-order valence-corrected chi connectivity index (χ2v) is 6.68. The van der Waals surface area contributed by atoms with E-state index in [0.29, 0.717) is 20.1 Å². The fraction of sp³-hybridized carbons (Fsp3) is 0. The summed E-state index contributed by atoms with van der Waals surface area (Å²) in [7, 11) is 0. The van der Waals surface area contributed by atoms with Gasteiger partial charge in [0.15, 0.2) is 0 Å². The molecule has 0 aliphatic carbocycles. The lowest BCUT2D eigenvalue weighted by molar-refractivity contribution is 1.73. The lowest BCUT2D eigenvalue weighted by Crippen LogP contribution is -1.87. The Labute approximate surface area is 143 Å². The van der Waals surface area contributed by atoms with E-state index < -0.39 is 0 Å². The number of rotatable bonds is 0. The molecule has 0 saturated heterocycles. The van der Waals surface area contributed by atoms with Crippen LogP contribution in [0.5, 0.6) is 0 Å². The Morgan fingerprint density at radius 1 is 0.737 bits per heavy atom. The topological polar surface area (TPSA) is 0 Å². The Kier molecular flexibility index (Phi) is 3.78. The van der Waals surface area contributed by atoms with Crippen molar-refractivity contribution >= 4 is 90.5 Å². The van der Waals surface area contributed by atoms with Gasteiger partial charge in [-0.1, -0.05) is 70.7 Å². The molecule has 19 heavy (non-hydrogen) atoms. The van der Waals surface area contributed by atoms with Gasteiger partial charge in [0.1, 0.15) is 0 Å². The predicted molar refractivity (Wildman–Crippen MR) is 94.2 cm³/mol. The van der Waals surface area contributed by atoms with Crippen molar-refractivity contribution < 1.29 is 0 Å². The first-order chi connectivity index (χ1) is 9.02. The minimum Gasteiger partial charge on any atom is -0.0820 e. The molecular weight excluding hydrogens is 437 g/mol. The van der Waals surface area contributed by atoms with Crippen molar-refractivity contribution in [2.45, 2.75) is 0 Å². The predicted octanol–water partition coefficient (Wildman–Crippen LogP) is 7.21. The van der Waals surface area contributed by atoms with Crippen LogP contribution in [0.4, 0.5) is 0 Å². The molecule has 0 spiro atoms. The van der Waals surface area contributed by atoms with Crippen LogP contribution in [0.25, 0.3) is 21.5 Å². The molecule has 0 amide bonds. The van der Waals surface area contributed by atoms with Crippen molar-refractivity contribution in [1.82, 2.24) is 0 Å². The van der Waals surface area contributed by atoms with Crippen molar-refractivity contribution in [3.05, 3.63) is 54.0 Å². The van der Waals surface area contributed by atoms with Crippen molar-refractivity contribution in [3.8, 4) is 0 Å². The van der Waals surface area contributed by atoms with Gasteiger partial charge in [0.25, 0.3) is 0 Å². The van der Waals surface area contributed by atoms with Gasteiger partial charge in [-0.3, -0.25) is 0 Å². The van der Waals surface area contributed by atoms with Gasteiger partial charge in [-0.05, 0) is 39.4 Å². The lowest BCUT2D eigenvalue weighted by Gasteiger charge is -2.12. The molecule has 3 aromatic rings. The van der Waals surface area contributed by atoms with Crippen molar-refractivity contribution in [2.24, 2.45) is 0 Å². The third-order valence-corrected chi connectivity index (χ3v) is 5.96. The molecule has 5 heteroatoms. The van der Waals surface area contributed by atoms with E-state index in [0.717, 1.165) is 25.1 Å². The Morgan fingerprint density at radius 2 is 1.37 bits per heavy atom. The molecular formula is C14H5Cl4I. The van der Waals surface area contributed by atoms with Crippen LogP contribution in [0.15, 0.2) is 30.3 Å². The Balaban J connectivity index is 2.66. The molecule has 0 N–H and O–H groups in total. The summed E-state index contributed by atoms with van der Waals surface area (Å²) in [5.74, 6) is 0. The first kappa shape index (κ1) is 14.0. The quantitative estimate of drug-likeness (QED) is 0.150. The van der Waals surface area contributed by atoms with E-state index in [-0.39, 0.29) is 0 Å². The maximum Gasteiger partial charge on any atom is 0.0800 e. The van der Waals surface area contributed by atoms with Crippen LogP contribution < -0.4 is 0 Å². The molecule has 0 unspecified atom stereocenters. The second kappa shape index (κ2) is 5.12.